The highest BCUT2D eigenvalue weighted by atomic mass is 16.5. The summed E-state index contributed by atoms with van der Waals surface area (Å²) in [6.45, 7) is 6.89. The molecule has 2 aromatic carbocycles. The van der Waals surface area contributed by atoms with Gasteiger partial charge in [-0.15, -0.1) is 0 Å². The van der Waals surface area contributed by atoms with Crippen molar-refractivity contribution in [1.29, 1.82) is 0 Å². The monoisotopic (exact) mass is 285 g/mol. The second kappa shape index (κ2) is 7.11. The van der Waals surface area contributed by atoms with Gasteiger partial charge in [0.25, 0.3) is 0 Å². The number of hydrogen-bond donors (Lipinski definition) is 1. The molecule has 0 saturated heterocycles. The van der Waals surface area contributed by atoms with Gasteiger partial charge in [0.1, 0.15) is 5.75 Å². The van der Waals surface area contributed by atoms with Crippen molar-refractivity contribution >= 4 is 16.5 Å². The normalized spacial score (nSPS) is 12.1. The molecule has 0 unspecified atom stereocenters. The number of nitrogens with zero attached hydrogens (tertiary/aromatic N) is 1. The number of ether oxygens (including phenoxy) is 1. The Labute approximate surface area is 126 Å². The zero-order valence-corrected chi connectivity index (χ0v) is 13.0. The third-order valence-electron chi connectivity index (χ3n) is 3.59. The largest absolute Gasteiger partial charge is 0.492 e. The van der Waals surface area contributed by atoms with E-state index in [0.717, 1.165) is 34.9 Å². The zero-order valence-electron chi connectivity index (χ0n) is 13.0. The van der Waals surface area contributed by atoms with E-state index in [2.05, 4.69) is 25.1 Å². The van der Waals surface area contributed by atoms with Crippen LogP contribution in [0.1, 0.15) is 39.2 Å². The summed E-state index contributed by atoms with van der Waals surface area (Å²) in [7, 11) is 0. The van der Waals surface area contributed by atoms with Crippen LogP contribution in [0, 0.1) is 5.92 Å². The molecule has 0 aliphatic rings. The Morgan fingerprint density at radius 3 is 2.67 bits per heavy atom. The summed E-state index contributed by atoms with van der Waals surface area (Å²) in [6.07, 6.45) is 2.17. The van der Waals surface area contributed by atoms with Crippen LogP contribution in [-0.4, -0.2) is 17.5 Å². The second-order valence-corrected chi connectivity index (χ2v) is 5.73. The van der Waals surface area contributed by atoms with Crippen LogP contribution in [0.25, 0.3) is 10.8 Å². The van der Waals surface area contributed by atoms with Gasteiger partial charge in [-0.25, -0.2) is 0 Å². The number of rotatable bonds is 6. The van der Waals surface area contributed by atoms with E-state index in [4.69, 9.17) is 9.94 Å². The van der Waals surface area contributed by atoms with E-state index in [9.17, 15) is 0 Å². The molecule has 0 aromatic heterocycles. The topological polar surface area (TPSA) is 41.8 Å². The number of fused-ring (bicyclic) bond motifs is 1. The van der Waals surface area contributed by atoms with Gasteiger partial charge in [-0.1, -0.05) is 49.3 Å². The fourth-order valence-electron chi connectivity index (χ4n) is 2.40. The van der Waals surface area contributed by atoms with Gasteiger partial charge in [0.2, 0.25) is 0 Å². The van der Waals surface area contributed by atoms with Crippen molar-refractivity contribution in [3.8, 4) is 5.75 Å². The molecule has 0 aliphatic carbocycles. The van der Waals surface area contributed by atoms with Crippen molar-refractivity contribution in [2.75, 3.05) is 6.61 Å². The maximum Gasteiger partial charge on any atom is 0.136 e. The van der Waals surface area contributed by atoms with Crippen LogP contribution in [0.2, 0.25) is 0 Å². The first kappa shape index (κ1) is 15.4. The van der Waals surface area contributed by atoms with Crippen molar-refractivity contribution in [1.82, 2.24) is 0 Å². The van der Waals surface area contributed by atoms with Gasteiger partial charge in [0.15, 0.2) is 0 Å². The number of benzene rings is 2. The number of hydrogen-bond acceptors (Lipinski definition) is 3. The average molecular weight is 285 g/mol. The van der Waals surface area contributed by atoms with E-state index in [0.29, 0.717) is 18.2 Å². The molecule has 112 valence electrons. The van der Waals surface area contributed by atoms with Gasteiger partial charge >= 0.3 is 0 Å². The first-order valence-corrected chi connectivity index (χ1v) is 7.47. The maximum absolute atomic E-state index is 9.06. The van der Waals surface area contributed by atoms with Gasteiger partial charge in [0, 0.05) is 10.9 Å². The molecule has 0 radical (unpaired) electrons. The van der Waals surface area contributed by atoms with Gasteiger partial charge in [0.05, 0.1) is 12.3 Å². The van der Waals surface area contributed by atoms with E-state index in [1.54, 1.807) is 6.92 Å². The van der Waals surface area contributed by atoms with Crippen molar-refractivity contribution in [3.63, 3.8) is 0 Å². The SMILES string of the molecule is C/C(=N\O)c1ccc2ccccc2c1OCCCC(C)C. The van der Waals surface area contributed by atoms with E-state index in [1.165, 1.54) is 0 Å². The highest BCUT2D eigenvalue weighted by molar-refractivity contribution is 6.06. The number of oxime groups is 1. The van der Waals surface area contributed by atoms with Crippen LogP contribution in [0.3, 0.4) is 0 Å². The van der Waals surface area contributed by atoms with Crippen LogP contribution >= 0.6 is 0 Å². The predicted molar refractivity (Wildman–Crippen MR) is 87.5 cm³/mol. The Bertz CT molecular complexity index is 632. The molecule has 0 bridgehead atoms. The first-order chi connectivity index (χ1) is 10.1. The van der Waals surface area contributed by atoms with Gasteiger partial charge in [-0.3, -0.25) is 0 Å². The highest BCUT2D eigenvalue weighted by Crippen LogP contribution is 2.30. The molecule has 3 nitrogen and oxygen atoms in total. The van der Waals surface area contributed by atoms with Crippen molar-refractivity contribution in [3.05, 3.63) is 42.0 Å². The molecule has 0 atom stereocenters. The second-order valence-electron chi connectivity index (χ2n) is 5.73. The molecule has 0 fully saturated rings. The zero-order chi connectivity index (χ0) is 15.2. The minimum absolute atomic E-state index is 0.569. The lowest BCUT2D eigenvalue weighted by atomic mass is 10.0. The van der Waals surface area contributed by atoms with Crippen LogP contribution < -0.4 is 4.74 Å². The third-order valence-corrected chi connectivity index (χ3v) is 3.59. The first-order valence-electron chi connectivity index (χ1n) is 7.47. The fourth-order valence-corrected chi connectivity index (χ4v) is 2.40. The Morgan fingerprint density at radius 2 is 1.95 bits per heavy atom. The molecule has 21 heavy (non-hydrogen) atoms. The fraction of sp³-hybridized carbons (Fsp3) is 0.389. The van der Waals surface area contributed by atoms with Crippen molar-refractivity contribution in [2.24, 2.45) is 11.1 Å². The summed E-state index contributed by atoms with van der Waals surface area (Å²) >= 11 is 0. The molecule has 2 aromatic rings. The molecule has 2 rings (SSSR count). The minimum Gasteiger partial charge on any atom is -0.492 e. The van der Waals surface area contributed by atoms with Crippen molar-refractivity contribution in [2.45, 2.75) is 33.6 Å². The summed E-state index contributed by atoms with van der Waals surface area (Å²) < 4.78 is 6.03. The summed E-state index contributed by atoms with van der Waals surface area (Å²) in [6, 6.07) is 12.1. The molecule has 1 N–H and O–H groups in total. The van der Waals surface area contributed by atoms with Crippen LogP contribution in [0.4, 0.5) is 0 Å². The van der Waals surface area contributed by atoms with E-state index < -0.39 is 0 Å². The lowest BCUT2D eigenvalue weighted by Crippen LogP contribution is -2.05. The standard InChI is InChI=1S/C18H23NO2/c1-13(2)7-6-12-21-18-16(14(3)19-20)11-10-15-8-4-5-9-17(15)18/h4-5,8-11,13,20H,6-7,12H2,1-3H3/b19-14+. The van der Waals surface area contributed by atoms with Gasteiger partial charge in [-0.2, -0.15) is 0 Å². The summed E-state index contributed by atoms with van der Waals surface area (Å²) in [4.78, 5) is 0. The molecule has 0 saturated carbocycles. The van der Waals surface area contributed by atoms with Crippen LogP contribution in [-0.2, 0) is 0 Å². The Hall–Kier alpha value is -2.03. The smallest absolute Gasteiger partial charge is 0.136 e. The Morgan fingerprint density at radius 1 is 1.19 bits per heavy atom. The van der Waals surface area contributed by atoms with E-state index in [-0.39, 0.29) is 0 Å². The summed E-state index contributed by atoms with van der Waals surface area (Å²) in [5, 5.41) is 14.6. The molecular formula is C18H23NO2. The molecular weight excluding hydrogens is 262 g/mol. The van der Waals surface area contributed by atoms with E-state index >= 15 is 0 Å². The minimum atomic E-state index is 0.569. The molecule has 0 spiro atoms. The van der Waals surface area contributed by atoms with Crippen LogP contribution in [0.5, 0.6) is 5.75 Å². The summed E-state index contributed by atoms with van der Waals surface area (Å²) in [5.74, 6) is 1.49. The summed E-state index contributed by atoms with van der Waals surface area (Å²) in [5.41, 5.74) is 1.42. The maximum atomic E-state index is 9.06. The molecule has 3 heteroatoms. The molecule has 0 amide bonds. The average Bonchev–Trinajstić information content (AvgIpc) is 2.50. The van der Waals surface area contributed by atoms with E-state index in [1.807, 2.05) is 30.3 Å². The van der Waals surface area contributed by atoms with Crippen molar-refractivity contribution < 1.29 is 9.94 Å². The van der Waals surface area contributed by atoms with Gasteiger partial charge in [-0.05, 0) is 37.1 Å². The third kappa shape index (κ3) is 3.75. The van der Waals surface area contributed by atoms with Gasteiger partial charge < -0.3 is 9.94 Å². The quantitative estimate of drug-likeness (QED) is 0.356. The van der Waals surface area contributed by atoms with Crippen LogP contribution in [0.15, 0.2) is 41.6 Å². The highest BCUT2D eigenvalue weighted by Gasteiger charge is 2.11. The lowest BCUT2D eigenvalue weighted by Gasteiger charge is -2.14. The Balaban J connectivity index is 2.32. The lowest BCUT2D eigenvalue weighted by molar-refractivity contribution is 0.299. The predicted octanol–water partition coefficient (Wildman–Crippen LogP) is 4.85. The molecule has 0 heterocycles. The molecule has 0 aliphatic heterocycles. The Kier molecular flexibility index (Phi) is 5.20.